The molecule has 0 radical (unpaired) electrons. The van der Waals surface area contributed by atoms with E-state index < -0.39 is 0 Å². The van der Waals surface area contributed by atoms with Gasteiger partial charge in [0, 0.05) is 24.8 Å². The fraction of sp³-hybridized carbons (Fsp3) is 0.688. The van der Waals surface area contributed by atoms with E-state index in [9.17, 15) is 0 Å². The molecule has 3 rings (SSSR count). The van der Waals surface area contributed by atoms with Crippen molar-refractivity contribution in [2.75, 3.05) is 13.2 Å². The first-order valence-electron chi connectivity index (χ1n) is 7.81. The molecule has 0 amide bonds. The van der Waals surface area contributed by atoms with Gasteiger partial charge >= 0.3 is 0 Å². The van der Waals surface area contributed by atoms with Gasteiger partial charge < -0.3 is 10.5 Å². The van der Waals surface area contributed by atoms with Gasteiger partial charge in [0.1, 0.15) is 0 Å². The van der Waals surface area contributed by atoms with Crippen molar-refractivity contribution in [3.8, 4) is 0 Å². The predicted molar refractivity (Wildman–Crippen MR) is 79.3 cm³/mol. The molecule has 1 saturated heterocycles. The van der Waals surface area contributed by atoms with Crippen LogP contribution in [0.4, 0.5) is 0 Å². The Hall–Kier alpha value is -0.970. The summed E-state index contributed by atoms with van der Waals surface area (Å²) in [6, 6.07) is 6.90. The third-order valence-electron chi connectivity index (χ3n) is 4.62. The Morgan fingerprint density at radius 2 is 2.20 bits per heavy atom. The Bertz CT molecular complexity index is 421. The third-order valence-corrected chi connectivity index (χ3v) is 4.62. The molecule has 1 aromatic rings. The molecule has 0 aromatic carbocycles. The van der Waals surface area contributed by atoms with Crippen LogP contribution in [0.2, 0.25) is 0 Å². The lowest BCUT2D eigenvalue weighted by Crippen LogP contribution is -2.56. The summed E-state index contributed by atoms with van der Waals surface area (Å²) in [5, 5.41) is 0. The van der Waals surface area contributed by atoms with Gasteiger partial charge in [-0.3, -0.25) is 9.88 Å². The van der Waals surface area contributed by atoms with Crippen LogP contribution in [0, 0.1) is 0 Å². The number of aromatic nitrogens is 1. The van der Waals surface area contributed by atoms with E-state index in [1.807, 2.05) is 12.3 Å². The highest BCUT2D eigenvalue weighted by Gasteiger charge is 2.39. The van der Waals surface area contributed by atoms with Gasteiger partial charge in [-0.05, 0) is 31.9 Å². The van der Waals surface area contributed by atoms with Gasteiger partial charge in [0.15, 0.2) is 0 Å². The minimum atomic E-state index is 0.0746. The van der Waals surface area contributed by atoms with E-state index in [-0.39, 0.29) is 12.1 Å². The molecule has 1 aromatic heterocycles. The van der Waals surface area contributed by atoms with E-state index in [1.165, 1.54) is 25.7 Å². The summed E-state index contributed by atoms with van der Waals surface area (Å²) < 4.78 is 5.97. The first-order chi connectivity index (χ1) is 9.77. The molecule has 2 heterocycles. The van der Waals surface area contributed by atoms with Gasteiger partial charge in [0.05, 0.1) is 24.4 Å². The van der Waals surface area contributed by atoms with Crippen LogP contribution in [0.5, 0.6) is 0 Å². The van der Waals surface area contributed by atoms with Gasteiger partial charge in [-0.1, -0.05) is 18.9 Å². The fourth-order valence-corrected chi connectivity index (χ4v) is 3.76. The third kappa shape index (κ3) is 2.73. The maximum absolute atomic E-state index is 6.30. The summed E-state index contributed by atoms with van der Waals surface area (Å²) >= 11 is 0. The van der Waals surface area contributed by atoms with E-state index in [2.05, 4.69) is 28.9 Å². The number of nitrogens with two attached hydrogens (primary N) is 1. The molecule has 0 spiro atoms. The predicted octanol–water partition coefficient (Wildman–Crippen LogP) is 2.11. The van der Waals surface area contributed by atoms with Crippen LogP contribution in [-0.2, 0) is 4.74 Å². The highest BCUT2D eigenvalue weighted by atomic mass is 16.5. The minimum Gasteiger partial charge on any atom is -0.375 e. The smallest absolute Gasteiger partial charge is 0.0731 e. The molecule has 4 unspecified atom stereocenters. The zero-order chi connectivity index (χ0) is 13.9. The lowest BCUT2D eigenvalue weighted by atomic mass is 9.88. The van der Waals surface area contributed by atoms with Crippen LogP contribution >= 0.6 is 0 Å². The van der Waals surface area contributed by atoms with Crippen LogP contribution < -0.4 is 5.73 Å². The average Bonchev–Trinajstić information content (AvgIpc) is 2.48. The standard InChI is InChI=1S/C16H25N3O/c1-12(17)16(13-6-4-5-9-18-13)19-10-11-20-15-8-3-2-7-14(15)19/h4-6,9,12,14-16H,2-3,7-8,10-11,17H2,1H3. The summed E-state index contributed by atoms with van der Waals surface area (Å²) in [7, 11) is 0. The maximum Gasteiger partial charge on any atom is 0.0731 e. The van der Waals surface area contributed by atoms with Crippen molar-refractivity contribution in [1.82, 2.24) is 9.88 Å². The Balaban J connectivity index is 1.86. The molecule has 1 aliphatic heterocycles. The first-order valence-corrected chi connectivity index (χ1v) is 7.81. The SMILES string of the molecule is CC(N)C(c1ccccn1)N1CCOC2CCCCC21. The molecule has 20 heavy (non-hydrogen) atoms. The number of hydrogen-bond donors (Lipinski definition) is 1. The lowest BCUT2D eigenvalue weighted by Gasteiger charge is -2.48. The monoisotopic (exact) mass is 275 g/mol. The van der Waals surface area contributed by atoms with Gasteiger partial charge in [-0.25, -0.2) is 0 Å². The van der Waals surface area contributed by atoms with Crippen LogP contribution in [0.3, 0.4) is 0 Å². The molecule has 0 bridgehead atoms. The summed E-state index contributed by atoms with van der Waals surface area (Å²) in [6.07, 6.45) is 7.26. The number of ether oxygens (including phenoxy) is 1. The lowest BCUT2D eigenvalue weighted by molar-refractivity contribution is -0.106. The average molecular weight is 275 g/mol. The fourth-order valence-electron chi connectivity index (χ4n) is 3.76. The number of pyridine rings is 1. The van der Waals surface area contributed by atoms with Crippen molar-refractivity contribution >= 4 is 0 Å². The van der Waals surface area contributed by atoms with Crippen molar-refractivity contribution in [1.29, 1.82) is 0 Å². The summed E-state index contributed by atoms with van der Waals surface area (Å²) in [4.78, 5) is 7.11. The van der Waals surface area contributed by atoms with E-state index in [1.54, 1.807) is 0 Å². The molecular formula is C16H25N3O. The van der Waals surface area contributed by atoms with Crippen LogP contribution in [-0.4, -0.2) is 41.2 Å². The van der Waals surface area contributed by atoms with E-state index >= 15 is 0 Å². The molecule has 2 fully saturated rings. The number of rotatable bonds is 3. The van der Waals surface area contributed by atoms with Crippen LogP contribution in [0.25, 0.3) is 0 Å². The second kappa shape index (κ2) is 6.20. The second-order valence-corrected chi connectivity index (χ2v) is 6.06. The number of nitrogens with zero attached hydrogens (tertiary/aromatic N) is 2. The van der Waals surface area contributed by atoms with Gasteiger partial charge in [0.25, 0.3) is 0 Å². The van der Waals surface area contributed by atoms with E-state index in [0.717, 1.165) is 18.8 Å². The van der Waals surface area contributed by atoms with E-state index in [0.29, 0.717) is 12.1 Å². The Morgan fingerprint density at radius 3 is 2.95 bits per heavy atom. The molecule has 4 nitrogen and oxygen atoms in total. The molecule has 1 aliphatic carbocycles. The molecule has 4 heteroatoms. The minimum absolute atomic E-state index is 0.0746. The van der Waals surface area contributed by atoms with Gasteiger partial charge in [-0.2, -0.15) is 0 Å². The van der Waals surface area contributed by atoms with Crippen LogP contribution in [0.15, 0.2) is 24.4 Å². The quantitative estimate of drug-likeness (QED) is 0.918. The summed E-state index contributed by atoms with van der Waals surface area (Å²) in [5.41, 5.74) is 7.39. The first kappa shape index (κ1) is 14.0. The highest BCUT2D eigenvalue weighted by Crippen LogP contribution is 2.34. The topological polar surface area (TPSA) is 51.4 Å². The van der Waals surface area contributed by atoms with Crippen molar-refractivity contribution in [2.24, 2.45) is 5.73 Å². The summed E-state index contributed by atoms with van der Waals surface area (Å²) in [6.45, 7) is 3.87. The second-order valence-electron chi connectivity index (χ2n) is 6.06. The normalized spacial score (nSPS) is 30.5. The Kier molecular flexibility index (Phi) is 4.34. The maximum atomic E-state index is 6.30. The number of fused-ring (bicyclic) bond motifs is 1. The largest absolute Gasteiger partial charge is 0.375 e. The van der Waals surface area contributed by atoms with Crippen molar-refractivity contribution in [3.05, 3.63) is 30.1 Å². The Labute approximate surface area is 121 Å². The molecule has 4 atom stereocenters. The molecule has 2 aliphatic rings. The Morgan fingerprint density at radius 1 is 1.35 bits per heavy atom. The molecule has 1 saturated carbocycles. The summed E-state index contributed by atoms with van der Waals surface area (Å²) in [5.74, 6) is 0. The van der Waals surface area contributed by atoms with Crippen molar-refractivity contribution in [3.63, 3.8) is 0 Å². The zero-order valence-electron chi connectivity index (χ0n) is 12.2. The van der Waals surface area contributed by atoms with E-state index in [4.69, 9.17) is 10.5 Å². The van der Waals surface area contributed by atoms with Gasteiger partial charge in [0.2, 0.25) is 0 Å². The zero-order valence-corrected chi connectivity index (χ0v) is 12.2. The van der Waals surface area contributed by atoms with Crippen molar-refractivity contribution < 1.29 is 4.74 Å². The number of hydrogen-bond acceptors (Lipinski definition) is 4. The van der Waals surface area contributed by atoms with Gasteiger partial charge in [-0.15, -0.1) is 0 Å². The van der Waals surface area contributed by atoms with Crippen molar-refractivity contribution in [2.45, 2.75) is 56.8 Å². The molecular weight excluding hydrogens is 250 g/mol. The van der Waals surface area contributed by atoms with Crippen LogP contribution in [0.1, 0.15) is 44.3 Å². The highest BCUT2D eigenvalue weighted by molar-refractivity contribution is 5.12. The molecule has 2 N–H and O–H groups in total. The number of morpholine rings is 1. The molecule has 110 valence electrons.